The molecule has 0 aliphatic heterocycles. The topological polar surface area (TPSA) is 61.1 Å². The molecule has 0 unspecified atom stereocenters. The minimum atomic E-state index is -0.0674. The Balaban J connectivity index is 1.53. The highest BCUT2D eigenvalue weighted by molar-refractivity contribution is 7.15. The molecule has 0 fully saturated rings. The summed E-state index contributed by atoms with van der Waals surface area (Å²) in [5, 5.41) is 11.2. The van der Waals surface area contributed by atoms with Crippen LogP contribution in [0.25, 0.3) is 22.2 Å². The summed E-state index contributed by atoms with van der Waals surface area (Å²) >= 11 is 1.78. The second-order valence-corrected chi connectivity index (χ2v) is 9.34. The van der Waals surface area contributed by atoms with Crippen LogP contribution in [0, 0.1) is 5.41 Å². The molecular formula is C26H30N4OS. The molecule has 2 N–H and O–H groups in total. The monoisotopic (exact) mass is 446 g/mol. The lowest BCUT2D eigenvalue weighted by molar-refractivity contribution is 0.348. The Morgan fingerprint density at radius 1 is 1.22 bits per heavy atom. The molecule has 0 amide bonds. The molecule has 0 saturated carbocycles. The number of aryl methyl sites for hydroxylation is 1. The summed E-state index contributed by atoms with van der Waals surface area (Å²) in [5.41, 5.74) is 4.62. The van der Waals surface area contributed by atoms with Gasteiger partial charge in [-0.1, -0.05) is 19.1 Å². The third kappa shape index (κ3) is 4.92. The van der Waals surface area contributed by atoms with Crippen molar-refractivity contribution in [2.75, 3.05) is 32.0 Å². The number of fused-ring (bicyclic) bond motifs is 1. The van der Waals surface area contributed by atoms with Gasteiger partial charge < -0.3 is 15.6 Å². The maximum absolute atomic E-state index is 12.9. The zero-order valence-corrected chi connectivity index (χ0v) is 19.5. The van der Waals surface area contributed by atoms with Gasteiger partial charge in [-0.05, 0) is 74.3 Å². The van der Waals surface area contributed by atoms with Gasteiger partial charge in [-0.15, -0.1) is 11.3 Å². The fourth-order valence-corrected chi connectivity index (χ4v) is 5.21. The molecule has 1 aromatic carbocycles. The van der Waals surface area contributed by atoms with Gasteiger partial charge >= 0.3 is 0 Å². The molecule has 5 nitrogen and oxygen atoms in total. The molecule has 0 radical (unpaired) electrons. The first-order valence-electron chi connectivity index (χ1n) is 11.2. The summed E-state index contributed by atoms with van der Waals surface area (Å²) in [5.74, 6) is 0. The number of hydrogen-bond donors (Lipinski definition) is 2. The zero-order chi connectivity index (χ0) is 22.5. The minimum Gasteiger partial charge on any atom is -0.383 e. The molecule has 6 heteroatoms. The summed E-state index contributed by atoms with van der Waals surface area (Å²) in [7, 11) is 2.12. The largest absolute Gasteiger partial charge is 0.383 e. The van der Waals surface area contributed by atoms with Gasteiger partial charge in [0.1, 0.15) is 0 Å². The van der Waals surface area contributed by atoms with Gasteiger partial charge in [0.05, 0.1) is 0 Å². The molecule has 1 aliphatic carbocycles. The van der Waals surface area contributed by atoms with Gasteiger partial charge in [0.2, 0.25) is 0 Å². The average molecular weight is 447 g/mol. The maximum atomic E-state index is 12.9. The number of benzene rings is 1. The molecule has 0 spiro atoms. The van der Waals surface area contributed by atoms with Crippen molar-refractivity contribution in [3.8, 4) is 16.1 Å². The summed E-state index contributed by atoms with van der Waals surface area (Å²) in [6.07, 6.45) is 10.9. The van der Waals surface area contributed by atoms with E-state index in [2.05, 4.69) is 42.4 Å². The highest BCUT2D eigenvalue weighted by atomic mass is 32.1. The Morgan fingerprint density at radius 2 is 2.09 bits per heavy atom. The lowest BCUT2D eigenvalue weighted by Crippen LogP contribution is -2.26. The van der Waals surface area contributed by atoms with Gasteiger partial charge in [0, 0.05) is 58.3 Å². The minimum absolute atomic E-state index is 0.0674. The first-order chi connectivity index (χ1) is 15.6. The van der Waals surface area contributed by atoms with Crippen molar-refractivity contribution in [2.24, 2.45) is 0 Å². The van der Waals surface area contributed by atoms with Gasteiger partial charge in [-0.2, -0.15) is 0 Å². The molecule has 1 aliphatic rings. The Hall–Kier alpha value is -2.96. The fourth-order valence-electron chi connectivity index (χ4n) is 4.05. The third-order valence-corrected chi connectivity index (χ3v) is 7.02. The van der Waals surface area contributed by atoms with Crippen LogP contribution < -0.4 is 10.9 Å². The van der Waals surface area contributed by atoms with E-state index in [-0.39, 0.29) is 5.56 Å². The van der Waals surface area contributed by atoms with Crippen molar-refractivity contribution < 1.29 is 0 Å². The number of aromatic nitrogens is 1. The van der Waals surface area contributed by atoms with Crippen LogP contribution in [-0.4, -0.2) is 42.4 Å². The van der Waals surface area contributed by atoms with E-state index in [1.54, 1.807) is 22.0 Å². The van der Waals surface area contributed by atoms with Gasteiger partial charge in [0.15, 0.2) is 0 Å². The normalized spacial score (nSPS) is 12.7. The molecule has 4 rings (SSSR count). The number of anilines is 1. The summed E-state index contributed by atoms with van der Waals surface area (Å²) < 4.78 is 1.64. The van der Waals surface area contributed by atoms with Crippen molar-refractivity contribution in [2.45, 2.75) is 26.2 Å². The molecular weight excluding hydrogens is 416 g/mol. The predicted molar refractivity (Wildman–Crippen MR) is 137 cm³/mol. The molecule has 0 bridgehead atoms. The van der Waals surface area contributed by atoms with Crippen molar-refractivity contribution in [1.29, 1.82) is 5.41 Å². The number of rotatable bonds is 9. The highest BCUT2D eigenvalue weighted by Gasteiger charge is 2.12. The molecule has 2 heterocycles. The number of allylic oxidation sites excluding steroid dienone is 1. The van der Waals surface area contributed by atoms with Gasteiger partial charge in [0.25, 0.3) is 5.56 Å². The molecule has 32 heavy (non-hydrogen) atoms. The van der Waals surface area contributed by atoms with Crippen LogP contribution in [0.3, 0.4) is 0 Å². The first-order valence-corrected chi connectivity index (χ1v) is 12.0. The number of pyridine rings is 1. The van der Waals surface area contributed by atoms with Crippen LogP contribution in [-0.2, 0) is 6.42 Å². The van der Waals surface area contributed by atoms with E-state index in [1.165, 1.54) is 16.7 Å². The number of nitrogens with one attached hydrogen (secondary N) is 2. The smallest absolute Gasteiger partial charge is 0.255 e. The van der Waals surface area contributed by atoms with Crippen LogP contribution in [0.15, 0.2) is 53.5 Å². The number of thiophene rings is 1. The van der Waals surface area contributed by atoms with Crippen molar-refractivity contribution in [3.05, 3.63) is 75.0 Å². The van der Waals surface area contributed by atoms with Gasteiger partial charge in [-0.3, -0.25) is 9.36 Å². The second-order valence-electron chi connectivity index (χ2n) is 8.20. The Kier molecular flexibility index (Phi) is 7.02. The number of hydrogen-bond acceptors (Lipinski definition) is 5. The molecule has 0 saturated heterocycles. The first kappa shape index (κ1) is 22.2. The number of nitrogens with zero attached hydrogens (tertiary/aromatic N) is 2. The molecule has 2 aromatic heterocycles. The maximum Gasteiger partial charge on any atom is 0.255 e. The quantitative estimate of drug-likeness (QED) is 0.440. The van der Waals surface area contributed by atoms with Crippen LogP contribution in [0.5, 0.6) is 0 Å². The van der Waals surface area contributed by atoms with Crippen LogP contribution in [0.1, 0.15) is 35.8 Å². The van der Waals surface area contributed by atoms with Crippen LogP contribution in [0.4, 0.5) is 5.69 Å². The van der Waals surface area contributed by atoms with Gasteiger partial charge in [-0.25, -0.2) is 0 Å². The van der Waals surface area contributed by atoms with E-state index >= 15 is 0 Å². The van der Waals surface area contributed by atoms with Crippen molar-refractivity contribution in [3.63, 3.8) is 0 Å². The van der Waals surface area contributed by atoms with E-state index in [0.29, 0.717) is 0 Å². The second kappa shape index (κ2) is 10.1. The van der Waals surface area contributed by atoms with E-state index in [1.807, 2.05) is 30.5 Å². The number of likely N-dealkylation sites (N-methyl/N-ethyl adjacent to an activating group) is 1. The van der Waals surface area contributed by atoms with E-state index < -0.39 is 0 Å². The lowest BCUT2D eigenvalue weighted by Gasteiger charge is -2.17. The predicted octanol–water partition coefficient (Wildman–Crippen LogP) is 5.28. The Morgan fingerprint density at radius 3 is 2.84 bits per heavy atom. The summed E-state index contributed by atoms with van der Waals surface area (Å²) in [6.45, 7) is 5.00. The SMILES string of the molecule is CCCN(C)CCNc1ccc(-n2ccc(-c3cc4c(s3)CCC=C4)cc2=O)cc1C=N. The summed E-state index contributed by atoms with van der Waals surface area (Å²) in [6, 6.07) is 11.7. The van der Waals surface area contributed by atoms with E-state index in [4.69, 9.17) is 5.41 Å². The van der Waals surface area contributed by atoms with Crippen molar-refractivity contribution >= 4 is 29.3 Å². The Labute approximate surface area is 193 Å². The average Bonchev–Trinajstić information content (AvgIpc) is 3.24. The fraction of sp³-hybridized carbons (Fsp3) is 0.308. The van der Waals surface area contributed by atoms with Crippen molar-refractivity contribution in [1.82, 2.24) is 9.47 Å². The van der Waals surface area contributed by atoms with Crippen LogP contribution >= 0.6 is 11.3 Å². The molecule has 166 valence electrons. The van der Waals surface area contributed by atoms with Crippen LogP contribution in [0.2, 0.25) is 0 Å². The highest BCUT2D eigenvalue weighted by Crippen LogP contribution is 2.34. The summed E-state index contributed by atoms with van der Waals surface area (Å²) in [4.78, 5) is 17.7. The molecule has 0 atom stereocenters. The lowest BCUT2D eigenvalue weighted by atomic mass is 10.1. The molecule has 3 aromatic rings. The Bertz CT molecular complexity index is 1190. The van der Waals surface area contributed by atoms with E-state index in [9.17, 15) is 4.79 Å². The van der Waals surface area contributed by atoms with E-state index in [0.717, 1.165) is 66.3 Å². The zero-order valence-electron chi connectivity index (χ0n) is 18.7. The third-order valence-electron chi connectivity index (χ3n) is 5.76. The standard InChI is InChI=1S/C26H30N4OS/c1-3-12-29(2)14-11-28-23-9-8-22(15-21(23)18-27)30-13-10-20(17-26(30)31)25-16-19-6-4-5-7-24(19)32-25/h4,6,8-10,13,15-18,27-28H,3,5,7,11-12,14H2,1-2H3.